The highest BCUT2D eigenvalue weighted by atomic mass is 16.1. The highest BCUT2D eigenvalue weighted by molar-refractivity contribution is 5.92. The second kappa shape index (κ2) is 3.36. The third-order valence-corrected chi connectivity index (χ3v) is 0.454. The highest BCUT2D eigenvalue weighted by Gasteiger charge is 2.13. The Morgan fingerprint density at radius 2 is 1.50 bits per heavy atom. The van der Waals surface area contributed by atoms with Crippen molar-refractivity contribution in [2.24, 2.45) is 0 Å². The Balaban J connectivity index is 0.000000122. The molecule has 0 radical (unpaired) electrons. The summed E-state index contributed by atoms with van der Waals surface area (Å²) in [6.07, 6.45) is 1.69. The molecule has 1 saturated carbocycles. The fourth-order valence-corrected chi connectivity index (χ4v) is 0.0510. The molecule has 1 rings (SSSR count). The first-order chi connectivity index (χ1) is 3.63. The molecule has 0 aromatic heterocycles. The van der Waals surface area contributed by atoms with Crippen LogP contribution in [0, 0.1) is 0 Å². The predicted molar refractivity (Wildman–Crippen MR) is 30.6 cm³/mol. The molecule has 0 saturated heterocycles. The lowest BCUT2D eigenvalue weighted by molar-refractivity contribution is -0.115. The zero-order chi connectivity index (χ0) is 6.57. The second-order valence-corrected chi connectivity index (χ2v) is 1.95. The van der Waals surface area contributed by atoms with Gasteiger partial charge in [-0.25, -0.2) is 0 Å². The summed E-state index contributed by atoms with van der Waals surface area (Å²) in [7, 11) is 0. The minimum absolute atomic E-state index is 0.167. The van der Waals surface area contributed by atoms with E-state index in [1.165, 1.54) is 13.8 Å². The van der Waals surface area contributed by atoms with Gasteiger partial charge in [-0.1, -0.05) is 0 Å². The Morgan fingerprint density at radius 3 is 1.50 bits per heavy atom. The van der Waals surface area contributed by atoms with Crippen molar-refractivity contribution in [3.8, 4) is 0 Å². The van der Waals surface area contributed by atoms with Crippen LogP contribution in [0.1, 0.15) is 26.7 Å². The van der Waals surface area contributed by atoms with E-state index in [-0.39, 0.29) is 5.78 Å². The zero-order valence-electron chi connectivity index (χ0n) is 5.23. The Kier molecular flexibility index (Phi) is 3.08. The first-order valence-corrected chi connectivity index (χ1v) is 2.62. The van der Waals surface area contributed by atoms with Gasteiger partial charge in [-0.15, -0.1) is 0 Å². The summed E-state index contributed by atoms with van der Waals surface area (Å²) in [5, 5.41) is 0. The molecule has 2 heteroatoms. The maximum Gasteiger partial charge on any atom is 0.133 e. The predicted octanol–water partition coefficient (Wildman–Crippen LogP) is 0.945. The Labute approximate surface area is 48.9 Å². The van der Waals surface area contributed by atoms with Gasteiger partial charge in [0.1, 0.15) is 11.6 Å². The molecule has 0 aromatic rings. The summed E-state index contributed by atoms with van der Waals surface area (Å²) in [6.45, 7) is 3.06. The molecule has 0 amide bonds. The lowest BCUT2D eigenvalue weighted by Crippen LogP contribution is -1.69. The maximum atomic E-state index is 9.56. The van der Waals surface area contributed by atoms with Crippen LogP contribution in [0.25, 0.3) is 0 Å². The molecule has 0 unspecified atom stereocenters. The number of hydrogen-bond acceptors (Lipinski definition) is 2. The van der Waals surface area contributed by atoms with Crippen LogP contribution in [-0.4, -0.2) is 11.6 Å². The first-order valence-electron chi connectivity index (χ1n) is 2.62. The Hall–Kier alpha value is -0.660. The van der Waals surface area contributed by atoms with Gasteiger partial charge in [-0.05, 0) is 13.8 Å². The average molecular weight is 114 g/mol. The van der Waals surface area contributed by atoms with Gasteiger partial charge in [-0.3, -0.25) is 4.79 Å². The van der Waals surface area contributed by atoms with Crippen LogP contribution >= 0.6 is 0 Å². The molecule has 0 atom stereocenters. The van der Waals surface area contributed by atoms with E-state index < -0.39 is 0 Å². The fraction of sp³-hybridized carbons (Fsp3) is 0.667. The molecule has 2 nitrogen and oxygen atoms in total. The van der Waals surface area contributed by atoms with Crippen molar-refractivity contribution >= 4 is 11.6 Å². The van der Waals surface area contributed by atoms with Crippen molar-refractivity contribution in [1.29, 1.82) is 0 Å². The van der Waals surface area contributed by atoms with Crippen molar-refractivity contribution < 1.29 is 9.59 Å². The van der Waals surface area contributed by atoms with E-state index >= 15 is 0 Å². The highest BCUT2D eigenvalue weighted by Crippen LogP contribution is 2.08. The van der Waals surface area contributed by atoms with E-state index in [0.29, 0.717) is 5.78 Å². The third kappa shape index (κ3) is 18.4. The standard InChI is InChI=1S/C3H4O.C3H6O/c4-3-1-2-3;1-3(2)4/h1-2H2;1-2H3. The summed E-state index contributed by atoms with van der Waals surface area (Å²) in [4.78, 5) is 19.0. The number of Topliss-reactive ketones (excluding diaryl/α,β-unsaturated/α-hetero) is 2. The molecule has 1 aliphatic rings. The molecule has 0 heterocycles. The number of carbonyl (C=O) groups is 2. The van der Waals surface area contributed by atoms with Gasteiger partial charge in [0.15, 0.2) is 0 Å². The van der Waals surface area contributed by atoms with Crippen LogP contribution in [0.4, 0.5) is 0 Å². The largest absolute Gasteiger partial charge is 0.300 e. The average Bonchev–Trinajstić information content (AvgIpc) is 2.19. The van der Waals surface area contributed by atoms with E-state index in [1.54, 1.807) is 0 Å². The van der Waals surface area contributed by atoms with Crippen molar-refractivity contribution in [1.82, 2.24) is 0 Å². The molecule has 0 bridgehead atoms. The summed E-state index contributed by atoms with van der Waals surface area (Å²) < 4.78 is 0. The summed E-state index contributed by atoms with van der Waals surface area (Å²) >= 11 is 0. The van der Waals surface area contributed by atoms with Gasteiger partial charge in [0.05, 0.1) is 0 Å². The summed E-state index contributed by atoms with van der Waals surface area (Å²) in [5.74, 6) is 0.583. The van der Waals surface area contributed by atoms with E-state index in [9.17, 15) is 9.59 Å². The zero-order valence-corrected chi connectivity index (χ0v) is 5.23. The van der Waals surface area contributed by atoms with Crippen molar-refractivity contribution in [3.05, 3.63) is 0 Å². The van der Waals surface area contributed by atoms with Crippen LogP contribution in [0.5, 0.6) is 0 Å². The normalized spacial score (nSPS) is 14.0. The number of rotatable bonds is 0. The fourth-order valence-electron chi connectivity index (χ4n) is 0.0510. The molecule has 46 valence electrons. The Morgan fingerprint density at radius 1 is 1.38 bits per heavy atom. The van der Waals surface area contributed by atoms with Crippen LogP contribution in [0.3, 0.4) is 0 Å². The number of carbonyl (C=O) groups excluding carboxylic acids is 2. The molecular formula is C6H10O2. The molecule has 1 fully saturated rings. The third-order valence-electron chi connectivity index (χ3n) is 0.454. The molecule has 0 N–H and O–H groups in total. The maximum absolute atomic E-state index is 9.56. The quantitative estimate of drug-likeness (QED) is 0.469. The molecule has 1 aliphatic carbocycles. The SMILES string of the molecule is CC(C)=O.O=C1CC1. The minimum Gasteiger partial charge on any atom is -0.300 e. The van der Waals surface area contributed by atoms with Crippen LogP contribution in [-0.2, 0) is 9.59 Å². The van der Waals surface area contributed by atoms with Crippen molar-refractivity contribution in [3.63, 3.8) is 0 Å². The second-order valence-electron chi connectivity index (χ2n) is 1.95. The van der Waals surface area contributed by atoms with E-state index in [4.69, 9.17) is 0 Å². The molecule has 0 spiro atoms. The van der Waals surface area contributed by atoms with Gasteiger partial charge in [0.25, 0.3) is 0 Å². The van der Waals surface area contributed by atoms with Crippen LogP contribution in [0.15, 0.2) is 0 Å². The molecule has 8 heavy (non-hydrogen) atoms. The van der Waals surface area contributed by atoms with Crippen LogP contribution < -0.4 is 0 Å². The topological polar surface area (TPSA) is 34.1 Å². The Bertz CT molecular complexity index is 93.1. The minimum atomic E-state index is 0.167. The van der Waals surface area contributed by atoms with Gasteiger partial charge in [0, 0.05) is 12.8 Å². The van der Waals surface area contributed by atoms with Gasteiger partial charge < -0.3 is 4.79 Å². The molecule has 0 aromatic carbocycles. The van der Waals surface area contributed by atoms with Crippen LogP contribution in [0.2, 0.25) is 0 Å². The number of hydrogen-bond donors (Lipinski definition) is 0. The van der Waals surface area contributed by atoms with Gasteiger partial charge in [-0.2, -0.15) is 0 Å². The molecular weight excluding hydrogens is 104 g/mol. The molecule has 0 aliphatic heterocycles. The van der Waals surface area contributed by atoms with E-state index in [0.717, 1.165) is 12.8 Å². The van der Waals surface area contributed by atoms with Crippen molar-refractivity contribution in [2.75, 3.05) is 0 Å². The lowest BCUT2D eigenvalue weighted by atomic mass is 10.6. The van der Waals surface area contributed by atoms with Crippen molar-refractivity contribution in [2.45, 2.75) is 26.7 Å². The monoisotopic (exact) mass is 114 g/mol. The summed E-state index contributed by atoms with van der Waals surface area (Å²) in [5.41, 5.74) is 0. The van der Waals surface area contributed by atoms with E-state index in [1.807, 2.05) is 0 Å². The smallest absolute Gasteiger partial charge is 0.133 e. The van der Waals surface area contributed by atoms with Gasteiger partial charge >= 0.3 is 0 Å². The van der Waals surface area contributed by atoms with E-state index in [2.05, 4.69) is 0 Å². The summed E-state index contributed by atoms with van der Waals surface area (Å²) in [6, 6.07) is 0. The lowest BCUT2D eigenvalue weighted by Gasteiger charge is -1.56. The number of ketones is 2. The van der Waals surface area contributed by atoms with Gasteiger partial charge in [0.2, 0.25) is 0 Å². The first kappa shape index (κ1) is 7.34.